The van der Waals surface area contributed by atoms with E-state index in [1.165, 1.54) is 12.1 Å². The van der Waals surface area contributed by atoms with Gasteiger partial charge in [-0.25, -0.2) is 26.4 Å². The maximum absolute atomic E-state index is 13.6. The van der Waals surface area contributed by atoms with Crippen LogP contribution in [-0.2, 0) is 14.6 Å². The average molecular weight is 559 g/mol. The number of hydrogen-bond donors (Lipinski definition) is 1. The molecule has 0 spiro atoms. The van der Waals surface area contributed by atoms with E-state index in [0.717, 1.165) is 6.07 Å². The lowest BCUT2D eigenvalue weighted by molar-refractivity contribution is 0.0629. The predicted molar refractivity (Wildman–Crippen MR) is 131 cm³/mol. The molecule has 0 saturated carbocycles. The molecule has 2 aromatic carbocycles. The van der Waals surface area contributed by atoms with Gasteiger partial charge in [0.25, 0.3) is 5.91 Å². The summed E-state index contributed by atoms with van der Waals surface area (Å²) >= 11 is 6.23. The smallest absolute Gasteiger partial charge is 0.410 e. The number of halogens is 4. The maximum Gasteiger partial charge on any atom is 0.410 e. The van der Waals surface area contributed by atoms with E-state index < -0.39 is 44.5 Å². The molecule has 2 heterocycles. The Bertz CT molecular complexity index is 1300. The van der Waals surface area contributed by atoms with Crippen molar-refractivity contribution in [1.82, 2.24) is 4.90 Å². The number of carbonyl (C=O) groups is 2. The highest BCUT2D eigenvalue weighted by atomic mass is 35.5. The van der Waals surface area contributed by atoms with Gasteiger partial charge in [0, 0.05) is 35.5 Å². The van der Waals surface area contributed by atoms with Gasteiger partial charge >= 0.3 is 6.09 Å². The number of nitrogens with zero attached hydrogens (tertiary/aromatic N) is 1. The molecule has 2 amide bonds. The van der Waals surface area contributed by atoms with Gasteiger partial charge in [-0.2, -0.15) is 0 Å². The molecule has 1 N–H and O–H groups in total. The summed E-state index contributed by atoms with van der Waals surface area (Å²) in [7, 11) is -4.00. The van der Waals surface area contributed by atoms with Crippen molar-refractivity contribution in [3.63, 3.8) is 0 Å². The van der Waals surface area contributed by atoms with Crippen LogP contribution in [0, 0.1) is 23.4 Å². The highest BCUT2D eigenvalue weighted by Gasteiger charge is 2.48. The SMILES string of the molecule is CC(C)COC(=O)N1C2CCC1CC(S(=O)(=O)c1cc(C(=O)Nc3cc(F)c(F)c(F)c3)ccc1Cl)C2. The molecule has 7 nitrogen and oxygen atoms in total. The molecule has 0 radical (unpaired) electrons. The van der Waals surface area contributed by atoms with Crippen molar-refractivity contribution in [3.8, 4) is 0 Å². The fourth-order valence-corrected chi connectivity index (χ4v) is 7.25. The third kappa shape index (κ3) is 5.57. The van der Waals surface area contributed by atoms with Gasteiger partial charge in [0.2, 0.25) is 0 Å². The largest absolute Gasteiger partial charge is 0.449 e. The first-order valence-corrected chi connectivity index (χ1v) is 13.7. The van der Waals surface area contributed by atoms with E-state index in [9.17, 15) is 31.2 Å². The molecule has 200 valence electrons. The van der Waals surface area contributed by atoms with Crippen LogP contribution in [0.3, 0.4) is 0 Å². The van der Waals surface area contributed by atoms with E-state index in [-0.39, 0.29) is 58.6 Å². The van der Waals surface area contributed by atoms with Crippen LogP contribution in [0.5, 0.6) is 0 Å². The minimum Gasteiger partial charge on any atom is -0.449 e. The van der Waals surface area contributed by atoms with Crippen LogP contribution in [0.15, 0.2) is 35.2 Å². The molecule has 2 fully saturated rings. The van der Waals surface area contributed by atoms with Crippen LogP contribution < -0.4 is 5.32 Å². The Balaban J connectivity index is 1.53. The second-order valence-electron chi connectivity index (χ2n) is 9.75. The summed E-state index contributed by atoms with van der Waals surface area (Å²) in [5, 5.41) is 1.32. The molecule has 0 aromatic heterocycles. The molecule has 2 atom stereocenters. The molecular formula is C25H26ClF3N2O5S. The van der Waals surface area contributed by atoms with Crippen LogP contribution >= 0.6 is 11.6 Å². The lowest BCUT2D eigenvalue weighted by atomic mass is 10.0. The summed E-state index contributed by atoms with van der Waals surface area (Å²) in [6.45, 7) is 4.13. The minimum atomic E-state index is -4.00. The van der Waals surface area contributed by atoms with E-state index in [1.807, 2.05) is 13.8 Å². The van der Waals surface area contributed by atoms with Crippen molar-refractivity contribution in [2.75, 3.05) is 11.9 Å². The summed E-state index contributed by atoms with van der Waals surface area (Å²) < 4.78 is 72.7. The fourth-order valence-electron chi connectivity index (χ4n) is 4.86. The zero-order valence-corrected chi connectivity index (χ0v) is 21.7. The quantitative estimate of drug-likeness (QED) is 0.468. The van der Waals surface area contributed by atoms with Crippen LogP contribution in [0.4, 0.5) is 23.7 Å². The number of hydrogen-bond acceptors (Lipinski definition) is 5. The second-order valence-corrected chi connectivity index (χ2v) is 12.4. The molecule has 0 aliphatic carbocycles. The van der Waals surface area contributed by atoms with E-state index in [1.54, 1.807) is 4.90 Å². The number of amides is 2. The molecule has 2 aromatic rings. The Morgan fingerprint density at radius 1 is 1.08 bits per heavy atom. The van der Waals surface area contributed by atoms with Gasteiger partial charge < -0.3 is 15.0 Å². The average Bonchev–Trinajstić information content (AvgIpc) is 3.09. The van der Waals surface area contributed by atoms with Gasteiger partial charge in [-0.1, -0.05) is 25.4 Å². The first kappa shape index (κ1) is 27.3. The van der Waals surface area contributed by atoms with E-state index in [0.29, 0.717) is 25.0 Å². The number of carbonyl (C=O) groups excluding carboxylic acids is 2. The molecule has 2 bridgehead atoms. The molecule has 4 rings (SSSR count). The highest BCUT2D eigenvalue weighted by Crippen LogP contribution is 2.41. The number of benzene rings is 2. The molecule has 2 unspecified atom stereocenters. The number of ether oxygens (including phenoxy) is 1. The highest BCUT2D eigenvalue weighted by molar-refractivity contribution is 7.92. The summed E-state index contributed by atoms with van der Waals surface area (Å²) in [5.41, 5.74) is -0.458. The van der Waals surface area contributed by atoms with Crippen LogP contribution in [0.1, 0.15) is 49.9 Å². The summed E-state index contributed by atoms with van der Waals surface area (Å²) in [6.07, 6.45) is 1.29. The van der Waals surface area contributed by atoms with Gasteiger partial charge in [-0.05, 0) is 49.8 Å². The lowest BCUT2D eigenvalue weighted by Gasteiger charge is -2.38. The van der Waals surface area contributed by atoms with E-state index >= 15 is 0 Å². The number of fused-ring (bicyclic) bond motifs is 2. The number of rotatable bonds is 6. The monoisotopic (exact) mass is 558 g/mol. The molecule has 2 aliphatic heterocycles. The lowest BCUT2D eigenvalue weighted by Crippen LogP contribution is -2.50. The van der Waals surface area contributed by atoms with Gasteiger partial charge in [-0.3, -0.25) is 4.79 Å². The first-order valence-electron chi connectivity index (χ1n) is 11.8. The van der Waals surface area contributed by atoms with Crippen LogP contribution in [0.2, 0.25) is 5.02 Å². The third-order valence-corrected chi connectivity index (χ3v) is 9.28. The molecule has 12 heteroatoms. The van der Waals surface area contributed by atoms with Crippen molar-refractivity contribution >= 4 is 39.1 Å². The molecule has 2 aliphatic rings. The minimum absolute atomic E-state index is 0.0819. The second kappa shape index (κ2) is 10.5. The number of sulfone groups is 1. The third-order valence-electron chi connectivity index (χ3n) is 6.62. The van der Waals surface area contributed by atoms with Gasteiger partial charge in [0.1, 0.15) is 0 Å². The Hall–Kier alpha value is -2.79. The fraction of sp³-hybridized carbons (Fsp3) is 0.440. The summed E-state index contributed by atoms with van der Waals surface area (Å²) in [6, 6.07) is 4.28. The summed E-state index contributed by atoms with van der Waals surface area (Å²) in [5.74, 6) is -5.33. The molecule has 2 saturated heterocycles. The van der Waals surface area contributed by atoms with Crippen molar-refractivity contribution in [3.05, 3.63) is 58.4 Å². The van der Waals surface area contributed by atoms with Crippen molar-refractivity contribution in [1.29, 1.82) is 0 Å². The maximum atomic E-state index is 13.6. The van der Waals surface area contributed by atoms with E-state index in [2.05, 4.69) is 5.32 Å². The van der Waals surface area contributed by atoms with Crippen LogP contribution in [-0.4, -0.2) is 49.3 Å². The normalized spacial score (nSPS) is 21.3. The first-order chi connectivity index (χ1) is 17.4. The zero-order valence-electron chi connectivity index (χ0n) is 20.1. The van der Waals surface area contributed by atoms with Gasteiger partial charge in [0.15, 0.2) is 27.3 Å². The topological polar surface area (TPSA) is 92.8 Å². The van der Waals surface area contributed by atoms with Crippen molar-refractivity contribution in [2.24, 2.45) is 5.92 Å². The Labute approximate surface area is 217 Å². The van der Waals surface area contributed by atoms with Crippen LogP contribution in [0.25, 0.3) is 0 Å². The summed E-state index contributed by atoms with van der Waals surface area (Å²) in [4.78, 5) is 26.7. The Kier molecular flexibility index (Phi) is 7.75. The predicted octanol–water partition coefficient (Wildman–Crippen LogP) is 5.57. The van der Waals surface area contributed by atoms with Crippen molar-refractivity contribution < 1.29 is 35.9 Å². The van der Waals surface area contributed by atoms with E-state index in [4.69, 9.17) is 16.3 Å². The Morgan fingerprint density at radius 3 is 2.24 bits per heavy atom. The standard InChI is InChI=1S/C25H26ClF3N2O5S/c1-13(2)12-36-25(33)31-16-4-5-17(31)11-18(10-16)37(34,35)22-7-14(3-6-19(22)26)24(32)30-15-8-20(27)23(29)21(28)9-15/h3,6-9,13,16-18H,4-5,10-12H2,1-2H3,(H,30,32). The van der Waals surface area contributed by atoms with Gasteiger partial charge in [0.05, 0.1) is 21.8 Å². The molecule has 37 heavy (non-hydrogen) atoms. The molecular weight excluding hydrogens is 533 g/mol. The number of anilines is 1. The van der Waals surface area contributed by atoms with Gasteiger partial charge in [-0.15, -0.1) is 0 Å². The van der Waals surface area contributed by atoms with Crippen molar-refractivity contribution in [2.45, 2.75) is 61.8 Å². The zero-order chi connectivity index (χ0) is 27.1. The number of nitrogens with one attached hydrogen (secondary N) is 1. The number of piperidine rings is 1. The Morgan fingerprint density at radius 2 is 1.68 bits per heavy atom.